The molecule has 1 saturated carbocycles. The number of hydrogen-bond acceptors (Lipinski definition) is 2. The predicted octanol–water partition coefficient (Wildman–Crippen LogP) is 2.43. The summed E-state index contributed by atoms with van der Waals surface area (Å²) in [4.78, 5) is 12.1. The Morgan fingerprint density at radius 1 is 1.42 bits per heavy atom. The van der Waals surface area contributed by atoms with Gasteiger partial charge in [-0.25, -0.2) is 0 Å². The summed E-state index contributed by atoms with van der Waals surface area (Å²) in [6.45, 7) is 2.35. The first-order chi connectivity index (χ1) is 9.20. The molecule has 0 radical (unpaired) electrons. The fourth-order valence-electron chi connectivity index (χ4n) is 2.41. The highest BCUT2D eigenvalue weighted by Gasteiger charge is 2.22. The molecule has 1 amide bonds. The highest BCUT2D eigenvalue weighted by atomic mass is 16.1. The van der Waals surface area contributed by atoms with Crippen LogP contribution in [-0.4, -0.2) is 12.5 Å². The summed E-state index contributed by atoms with van der Waals surface area (Å²) in [5, 5.41) is 2.99. The first kappa shape index (κ1) is 13.6. The van der Waals surface area contributed by atoms with Crippen LogP contribution in [0.25, 0.3) is 0 Å². The van der Waals surface area contributed by atoms with Crippen LogP contribution in [0.2, 0.25) is 0 Å². The fourth-order valence-corrected chi connectivity index (χ4v) is 2.41. The number of amides is 1. The van der Waals surface area contributed by atoms with Crippen molar-refractivity contribution in [1.29, 1.82) is 0 Å². The van der Waals surface area contributed by atoms with E-state index in [-0.39, 0.29) is 11.8 Å². The van der Waals surface area contributed by atoms with Gasteiger partial charge in [-0.1, -0.05) is 30.7 Å². The molecule has 3 heteroatoms. The first-order valence-electron chi connectivity index (χ1n) is 6.81. The topological polar surface area (TPSA) is 55.1 Å². The highest BCUT2D eigenvalue weighted by molar-refractivity contribution is 5.92. The molecule has 0 bridgehead atoms. The van der Waals surface area contributed by atoms with Crippen LogP contribution in [-0.2, 0) is 4.79 Å². The van der Waals surface area contributed by atoms with Crippen LogP contribution in [0.3, 0.4) is 0 Å². The summed E-state index contributed by atoms with van der Waals surface area (Å²) in [6, 6.07) is 5.82. The van der Waals surface area contributed by atoms with Gasteiger partial charge >= 0.3 is 0 Å². The van der Waals surface area contributed by atoms with E-state index >= 15 is 0 Å². The van der Waals surface area contributed by atoms with Gasteiger partial charge in [0.15, 0.2) is 0 Å². The van der Waals surface area contributed by atoms with Gasteiger partial charge in [-0.3, -0.25) is 4.79 Å². The van der Waals surface area contributed by atoms with E-state index < -0.39 is 0 Å². The lowest BCUT2D eigenvalue weighted by atomic mass is 10.1. The van der Waals surface area contributed by atoms with Crippen molar-refractivity contribution in [1.82, 2.24) is 0 Å². The minimum atomic E-state index is 0.138. The van der Waals surface area contributed by atoms with Crippen LogP contribution in [0, 0.1) is 24.7 Å². The molecule has 100 valence electrons. The second kappa shape index (κ2) is 6.40. The van der Waals surface area contributed by atoms with Gasteiger partial charge in [-0.05, 0) is 37.5 Å². The number of aryl methyl sites for hydroxylation is 1. The standard InChI is InChI=1S/C16H20N2O/c1-12-8-9-15(11-14(12)7-4-10-17)18-16(19)13-5-2-3-6-13/h8-9,11,13H,2-3,5-6,10,17H2,1H3,(H,18,19). The number of nitrogens with two attached hydrogens (primary N) is 1. The molecule has 1 aliphatic rings. The van der Waals surface area contributed by atoms with E-state index in [1.807, 2.05) is 25.1 Å². The zero-order valence-corrected chi connectivity index (χ0v) is 11.3. The monoisotopic (exact) mass is 256 g/mol. The Balaban J connectivity index is 2.10. The maximum absolute atomic E-state index is 12.1. The van der Waals surface area contributed by atoms with E-state index in [9.17, 15) is 4.79 Å². The maximum atomic E-state index is 12.1. The third kappa shape index (κ3) is 3.59. The molecule has 3 nitrogen and oxygen atoms in total. The fraction of sp³-hybridized carbons (Fsp3) is 0.438. The molecule has 1 aliphatic carbocycles. The van der Waals surface area contributed by atoms with E-state index in [0.717, 1.165) is 29.7 Å². The van der Waals surface area contributed by atoms with Crippen LogP contribution >= 0.6 is 0 Å². The molecule has 1 aromatic carbocycles. The molecular weight excluding hydrogens is 236 g/mol. The van der Waals surface area contributed by atoms with Gasteiger partial charge in [-0.2, -0.15) is 0 Å². The average molecular weight is 256 g/mol. The number of benzene rings is 1. The predicted molar refractivity (Wildman–Crippen MR) is 77.7 cm³/mol. The molecule has 3 N–H and O–H groups in total. The molecule has 0 spiro atoms. The van der Waals surface area contributed by atoms with Gasteiger partial charge < -0.3 is 11.1 Å². The van der Waals surface area contributed by atoms with Gasteiger partial charge in [0.2, 0.25) is 5.91 Å². The van der Waals surface area contributed by atoms with Crippen molar-refractivity contribution in [3.63, 3.8) is 0 Å². The summed E-state index contributed by atoms with van der Waals surface area (Å²) < 4.78 is 0. The normalized spacial score (nSPS) is 14.8. The summed E-state index contributed by atoms with van der Waals surface area (Å²) >= 11 is 0. The molecule has 0 saturated heterocycles. The smallest absolute Gasteiger partial charge is 0.227 e. The molecule has 0 atom stereocenters. The van der Waals surface area contributed by atoms with Gasteiger partial charge in [-0.15, -0.1) is 0 Å². The Bertz CT molecular complexity index is 519. The Morgan fingerprint density at radius 2 is 2.16 bits per heavy atom. The Kier molecular flexibility index (Phi) is 4.59. The van der Waals surface area contributed by atoms with E-state index in [4.69, 9.17) is 5.73 Å². The van der Waals surface area contributed by atoms with Crippen LogP contribution in [0.4, 0.5) is 5.69 Å². The van der Waals surface area contributed by atoms with Crippen molar-refractivity contribution in [3.8, 4) is 11.8 Å². The third-order valence-corrected chi connectivity index (χ3v) is 3.56. The highest BCUT2D eigenvalue weighted by Crippen LogP contribution is 2.26. The number of nitrogens with one attached hydrogen (secondary N) is 1. The molecule has 0 heterocycles. The molecule has 1 fully saturated rings. The molecule has 0 aliphatic heterocycles. The van der Waals surface area contributed by atoms with Crippen molar-refractivity contribution in [2.75, 3.05) is 11.9 Å². The largest absolute Gasteiger partial charge is 0.326 e. The van der Waals surface area contributed by atoms with Gasteiger partial charge in [0.1, 0.15) is 0 Å². The SMILES string of the molecule is Cc1ccc(NC(=O)C2CCCC2)cc1C#CCN. The molecular formula is C16H20N2O. The lowest BCUT2D eigenvalue weighted by Gasteiger charge is -2.11. The lowest BCUT2D eigenvalue weighted by molar-refractivity contribution is -0.119. The van der Waals surface area contributed by atoms with Gasteiger partial charge in [0, 0.05) is 17.2 Å². The zero-order valence-electron chi connectivity index (χ0n) is 11.3. The quantitative estimate of drug-likeness (QED) is 0.798. The van der Waals surface area contributed by atoms with Crippen molar-refractivity contribution >= 4 is 11.6 Å². The number of anilines is 1. The van der Waals surface area contributed by atoms with Crippen LogP contribution in [0.15, 0.2) is 18.2 Å². The number of hydrogen-bond donors (Lipinski definition) is 2. The van der Waals surface area contributed by atoms with Crippen LogP contribution in [0.5, 0.6) is 0 Å². The number of rotatable bonds is 2. The Morgan fingerprint density at radius 3 is 2.84 bits per heavy atom. The van der Waals surface area contributed by atoms with Gasteiger partial charge in [0.25, 0.3) is 0 Å². The number of carbonyl (C=O) groups is 1. The summed E-state index contributed by atoms with van der Waals surface area (Å²) in [5.74, 6) is 6.19. The van der Waals surface area contributed by atoms with Crippen LogP contribution < -0.4 is 11.1 Å². The van der Waals surface area contributed by atoms with Crippen molar-refractivity contribution in [2.45, 2.75) is 32.6 Å². The summed E-state index contributed by atoms with van der Waals surface area (Å²) in [7, 11) is 0. The minimum Gasteiger partial charge on any atom is -0.326 e. The Labute approximate surface area is 114 Å². The van der Waals surface area contributed by atoms with Crippen molar-refractivity contribution < 1.29 is 4.79 Å². The van der Waals surface area contributed by atoms with Crippen molar-refractivity contribution in [2.24, 2.45) is 11.7 Å². The zero-order chi connectivity index (χ0) is 13.7. The lowest BCUT2D eigenvalue weighted by Crippen LogP contribution is -2.20. The minimum absolute atomic E-state index is 0.138. The Hall–Kier alpha value is -1.79. The molecule has 0 aromatic heterocycles. The average Bonchev–Trinajstić information content (AvgIpc) is 2.93. The van der Waals surface area contributed by atoms with E-state index in [0.29, 0.717) is 6.54 Å². The molecule has 19 heavy (non-hydrogen) atoms. The second-order valence-electron chi connectivity index (χ2n) is 5.01. The maximum Gasteiger partial charge on any atom is 0.227 e. The van der Waals surface area contributed by atoms with Gasteiger partial charge in [0.05, 0.1) is 6.54 Å². The second-order valence-corrected chi connectivity index (χ2v) is 5.01. The van der Waals surface area contributed by atoms with Crippen LogP contribution in [0.1, 0.15) is 36.8 Å². The van der Waals surface area contributed by atoms with E-state index in [2.05, 4.69) is 17.2 Å². The summed E-state index contributed by atoms with van der Waals surface area (Å²) in [6.07, 6.45) is 4.35. The first-order valence-corrected chi connectivity index (χ1v) is 6.81. The van der Waals surface area contributed by atoms with E-state index in [1.165, 1.54) is 12.8 Å². The molecule has 0 unspecified atom stereocenters. The van der Waals surface area contributed by atoms with E-state index in [1.54, 1.807) is 0 Å². The third-order valence-electron chi connectivity index (χ3n) is 3.56. The van der Waals surface area contributed by atoms with Crippen molar-refractivity contribution in [3.05, 3.63) is 29.3 Å². The number of carbonyl (C=O) groups excluding carboxylic acids is 1. The summed E-state index contributed by atoms with van der Waals surface area (Å²) in [5.41, 5.74) is 8.23. The molecule has 1 aromatic rings. The molecule has 2 rings (SSSR count).